The second-order valence-electron chi connectivity index (χ2n) is 6.53. The smallest absolute Gasteiger partial charge is 0.355 e. The van der Waals surface area contributed by atoms with Gasteiger partial charge in [0, 0.05) is 39.3 Å². The number of rotatable bonds is 8. The molecular formula is C18H33F3N4. The van der Waals surface area contributed by atoms with Gasteiger partial charge >= 0.3 is 6.18 Å². The average molecular weight is 362 g/mol. The lowest BCUT2D eigenvalue weighted by molar-refractivity contribution is -0.148. The van der Waals surface area contributed by atoms with Gasteiger partial charge in [0.25, 0.3) is 0 Å². The molecule has 0 saturated carbocycles. The first kappa shape index (κ1) is 21.8. The third kappa shape index (κ3) is 6.53. The lowest BCUT2D eigenvalue weighted by Gasteiger charge is -2.43. The van der Waals surface area contributed by atoms with Crippen LogP contribution in [0.15, 0.2) is 16.4 Å². The summed E-state index contributed by atoms with van der Waals surface area (Å²) in [5.74, 6) is 1.16. The summed E-state index contributed by atoms with van der Waals surface area (Å²) in [6.45, 7) is 10.3. The Labute approximate surface area is 150 Å². The normalized spacial score (nSPS) is 18.6. The Kier molecular flexibility index (Phi) is 8.76. The Bertz CT molecular complexity index is 452. The fourth-order valence-electron chi connectivity index (χ4n) is 3.46. The van der Waals surface area contributed by atoms with E-state index in [9.17, 15) is 13.2 Å². The lowest BCUT2D eigenvalue weighted by atomic mass is 10.0. The highest BCUT2D eigenvalue weighted by Gasteiger charge is 2.34. The van der Waals surface area contributed by atoms with Crippen LogP contribution in [-0.4, -0.2) is 73.0 Å². The van der Waals surface area contributed by atoms with Crippen LogP contribution in [0.5, 0.6) is 0 Å². The summed E-state index contributed by atoms with van der Waals surface area (Å²) >= 11 is 0. The largest absolute Gasteiger partial charge is 0.401 e. The minimum absolute atomic E-state index is 0.269. The van der Waals surface area contributed by atoms with Crippen LogP contribution in [0, 0.1) is 0 Å². The molecule has 0 aromatic rings. The van der Waals surface area contributed by atoms with E-state index in [1.54, 1.807) is 7.05 Å². The minimum Gasteiger partial charge on any atom is -0.355 e. The van der Waals surface area contributed by atoms with Crippen molar-refractivity contribution in [1.29, 1.82) is 0 Å². The molecule has 4 nitrogen and oxygen atoms in total. The number of likely N-dealkylation sites (tertiary alicyclic amines) is 1. The van der Waals surface area contributed by atoms with Crippen LogP contribution in [0.2, 0.25) is 0 Å². The summed E-state index contributed by atoms with van der Waals surface area (Å²) in [7, 11) is 1.76. The Balaban J connectivity index is 2.92. The number of piperidine rings is 1. The molecule has 0 atom stereocenters. The highest BCUT2D eigenvalue weighted by atomic mass is 19.4. The number of hydrogen-bond acceptors (Lipinski definition) is 3. The molecular weight excluding hydrogens is 329 g/mol. The van der Waals surface area contributed by atoms with Crippen molar-refractivity contribution >= 4 is 6.34 Å². The molecule has 0 aromatic heterocycles. The zero-order valence-corrected chi connectivity index (χ0v) is 16.2. The molecule has 1 saturated heterocycles. The van der Waals surface area contributed by atoms with E-state index in [1.807, 2.05) is 6.34 Å². The Morgan fingerprint density at radius 3 is 2.16 bits per heavy atom. The maximum atomic E-state index is 12.6. The Morgan fingerprint density at radius 1 is 1.16 bits per heavy atom. The van der Waals surface area contributed by atoms with E-state index >= 15 is 0 Å². The molecule has 1 aliphatic heterocycles. The maximum absolute atomic E-state index is 12.6. The summed E-state index contributed by atoms with van der Waals surface area (Å²) in [6, 6.07) is 0.269. The SMILES string of the molecule is CC/C(C)=C(\N(C=NC)CC)N(CC)C1CCN(CC(F)(F)F)CC1. The quantitative estimate of drug-likeness (QED) is 0.482. The van der Waals surface area contributed by atoms with Gasteiger partial charge in [0.15, 0.2) is 0 Å². The number of aliphatic imine (C=N–C) groups is 1. The van der Waals surface area contributed by atoms with E-state index in [4.69, 9.17) is 0 Å². The van der Waals surface area contributed by atoms with Crippen LogP contribution >= 0.6 is 0 Å². The molecule has 0 bridgehead atoms. The van der Waals surface area contributed by atoms with Crippen molar-refractivity contribution in [3.05, 3.63) is 11.4 Å². The van der Waals surface area contributed by atoms with Crippen LogP contribution in [-0.2, 0) is 0 Å². The van der Waals surface area contributed by atoms with E-state index in [0.717, 1.165) is 38.2 Å². The van der Waals surface area contributed by atoms with E-state index in [0.29, 0.717) is 13.1 Å². The highest BCUT2D eigenvalue weighted by molar-refractivity contribution is 5.58. The monoisotopic (exact) mass is 362 g/mol. The van der Waals surface area contributed by atoms with Gasteiger partial charge in [0.1, 0.15) is 5.82 Å². The van der Waals surface area contributed by atoms with Gasteiger partial charge in [0.2, 0.25) is 0 Å². The van der Waals surface area contributed by atoms with Gasteiger partial charge in [-0.15, -0.1) is 0 Å². The minimum atomic E-state index is -4.11. The third-order valence-electron chi connectivity index (χ3n) is 4.79. The Hall–Kier alpha value is -1.24. The van der Waals surface area contributed by atoms with Crippen LogP contribution in [0.3, 0.4) is 0 Å². The van der Waals surface area contributed by atoms with Crippen molar-refractivity contribution in [1.82, 2.24) is 14.7 Å². The topological polar surface area (TPSA) is 22.1 Å². The summed E-state index contributed by atoms with van der Waals surface area (Å²) in [5, 5.41) is 0. The summed E-state index contributed by atoms with van der Waals surface area (Å²) < 4.78 is 37.8. The van der Waals surface area contributed by atoms with E-state index in [-0.39, 0.29) is 6.04 Å². The van der Waals surface area contributed by atoms with Gasteiger partial charge in [-0.05, 0) is 45.6 Å². The van der Waals surface area contributed by atoms with Crippen molar-refractivity contribution in [2.24, 2.45) is 4.99 Å². The molecule has 1 rings (SSSR count). The van der Waals surface area contributed by atoms with E-state index in [1.165, 1.54) is 10.5 Å². The number of halogens is 3. The van der Waals surface area contributed by atoms with E-state index < -0.39 is 12.7 Å². The van der Waals surface area contributed by atoms with Crippen molar-refractivity contribution in [3.8, 4) is 0 Å². The number of hydrogen-bond donors (Lipinski definition) is 0. The van der Waals surface area contributed by atoms with Crippen molar-refractivity contribution in [2.45, 2.75) is 59.2 Å². The van der Waals surface area contributed by atoms with Gasteiger partial charge in [-0.1, -0.05) is 6.92 Å². The van der Waals surface area contributed by atoms with Gasteiger partial charge in [-0.3, -0.25) is 9.89 Å². The molecule has 0 radical (unpaired) electrons. The Morgan fingerprint density at radius 2 is 1.76 bits per heavy atom. The molecule has 146 valence electrons. The molecule has 0 aromatic carbocycles. The molecule has 1 aliphatic rings. The molecule has 7 heteroatoms. The first-order chi connectivity index (χ1) is 11.8. The molecule has 25 heavy (non-hydrogen) atoms. The predicted octanol–water partition coefficient (Wildman–Crippen LogP) is 3.96. The first-order valence-corrected chi connectivity index (χ1v) is 9.21. The zero-order valence-electron chi connectivity index (χ0n) is 16.2. The van der Waals surface area contributed by atoms with Gasteiger partial charge in [-0.2, -0.15) is 13.2 Å². The van der Waals surface area contributed by atoms with Crippen molar-refractivity contribution < 1.29 is 13.2 Å². The third-order valence-corrected chi connectivity index (χ3v) is 4.79. The second kappa shape index (κ2) is 10.0. The van der Waals surface area contributed by atoms with Crippen molar-refractivity contribution in [3.63, 3.8) is 0 Å². The fourth-order valence-corrected chi connectivity index (χ4v) is 3.46. The zero-order chi connectivity index (χ0) is 19.0. The lowest BCUT2D eigenvalue weighted by Crippen LogP contribution is -2.49. The molecule has 1 fully saturated rings. The molecule has 0 unspecified atom stereocenters. The van der Waals surface area contributed by atoms with Crippen molar-refractivity contribution in [2.75, 3.05) is 39.8 Å². The number of allylic oxidation sites excluding steroid dienone is 1. The summed E-state index contributed by atoms with van der Waals surface area (Å²) in [6.07, 6.45) is 0.178. The molecule has 0 amide bonds. The van der Waals surface area contributed by atoms with E-state index in [2.05, 4.69) is 42.5 Å². The van der Waals surface area contributed by atoms with Gasteiger partial charge < -0.3 is 9.80 Å². The van der Waals surface area contributed by atoms with Gasteiger partial charge in [-0.25, -0.2) is 0 Å². The summed E-state index contributed by atoms with van der Waals surface area (Å²) in [4.78, 5) is 10.2. The molecule has 1 heterocycles. The molecule has 0 N–H and O–H groups in total. The highest BCUT2D eigenvalue weighted by Crippen LogP contribution is 2.27. The van der Waals surface area contributed by atoms with Gasteiger partial charge in [0.05, 0.1) is 12.9 Å². The maximum Gasteiger partial charge on any atom is 0.401 e. The first-order valence-electron chi connectivity index (χ1n) is 9.21. The molecule has 0 aliphatic carbocycles. The van der Waals surface area contributed by atoms with Crippen LogP contribution in [0.25, 0.3) is 0 Å². The average Bonchev–Trinajstić information content (AvgIpc) is 2.57. The second-order valence-corrected chi connectivity index (χ2v) is 6.53. The standard InChI is InChI=1S/C18H33F3N4/c1-6-15(4)17(24(7-2)14-22-5)25(8-3)16-9-11-23(12-10-16)13-18(19,20)21/h14,16H,6-13H2,1-5H3/b17-15+,22-14?. The molecule has 0 spiro atoms. The number of alkyl halides is 3. The van der Waals surface area contributed by atoms with Crippen LogP contribution in [0.4, 0.5) is 13.2 Å². The fraction of sp³-hybridized carbons (Fsp3) is 0.833. The number of nitrogens with zero attached hydrogens (tertiary/aromatic N) is 4. The predicted molar refractivity (Wildman–Crippen MR) is 97.7 cm³/mol. The van der Waals surface area contributed by atoms with Crippen LogP contribution < -0.4 is 0 Å². The van der Waals surface area contributed by atoms with Crippen LogP contribution in [0.1, 0.15) is 47.0 Å². The summed E-state index contributed by atoms with van der Waals surface area (Å²) in [5.41, 5.74) is 1.28.